The van der Waals surface area contributed by atoms with Crippen molar-refractivity contribution in [1.29, 1.82) is 0 Å². The Morgan fingerprint density at radius 2 is 1.30 bits per heavy atom. The van der Waals surface area contributed by atoms with Crippen molar-refractivity contribution in [3.05, 3.63) is 5.56 Å². The number of rotatable bonds is 1. The molecule has 10 heavy (non-hydrogen) atoms. The van der Waals surface area contributed by atoms with Crippen LogP contribution < -0.4 is 0 Å². The molecule has 0 amide bonds. The number of halogens is 6. The zero-order valence-electron chi connectivity index (χ0n) is 4.22. The summed E-state index contributed by atoms with van der Waals surface area (Å²) < 4.78 is -4.14. The Labute approximate surface area is 88.1 Å². The molecule has 1 radical (unpaired) electrons. The van der Waals surface area contributed by atoms with Gasteiger partial charge in [-0.3, -0.25) is 0 Å². The molecule has 0 bridgehead atoms. The lowest BCUT2D eigenvalue weighted by Gasteiger charge is -2.26. The third-order valence-corrected chi connectivity index (χ3v) is 3.45. The molecule has 1 nitrogen and oxygen atoms in total. The number of aliphatic hydroxyl groups is 1. The molecule has 0 aliphatic carbocycles. The van der Waals surface area contributed by atoms with Gasteiger partial charge in [0.25, 0.3) is 0 Å². The van der Waals surface area contributed by atoms with Gasteiger partial charge in [-0.25, -0.2) is 0 Å². The number of hydrogen-bond acceptors (Lipinski definition) is 1. The first-order chi connectivity index (χ1) is 4.19. The van der Waals surface area contributed by atoms with Gasteiger partial charge in [-0.05, 0) is 0 Å². The first kappa shape index (κ1) is 11.7. The molecule has 0 aromatic rings. The Bertz CT molecular complexity index is 115. The van der Waals surface area contributed by atoms with E-state index < -0.39 is 13.7 Å². The smallest absolute Gasteiger partial charge is 0.227 e. The summed E-state index contributed by atoms with van der Waals surface area (Å²) >= 11 is 31.3. The molecule has 0 saturated carbocycles. The summed E-state index contributed by atoms with van der Waals surface area (Å²) in [7, 11) is 0. The fourth-order valence-electron chi connectivity index (χ4n) is 0.117. The van der Waals surface area contributed by atoms with E-state index in [1.54, 1.807) is 0 Å². The minimum absolute atomic E-state index is 0.879. The van der Waals surface area contributed by atoms with Gasteiger partial charge in [0.1, 0.15) is 0 Å². The molecule has 0 spiro atoms. The molecule has 0 aromatic carbocycles. The standard InChI is InChI=1S/C3HCl6O/c4-1(10)2(5,6)3(7,8)9/h10H. The second kappa shape index (κ2) is 3.61. The lowest BCUT2D eigenvalue weighted by molar-refractivity contribution is 0.337. The van der Waals surface area contributed by atoms with Gasteiger partial charge in [0.05, 0.1) is 0 Å². The van der Waals surface area contributed by atoms with Crippen molar-refractivity contribution in [3.8, 4) is 0 Å². The monoisotopic (exact) mass is 263 g/mol. The first-order valence-electron chi connectivity index (χ1n) is 1.86. The van der Waals surface area contributed by atoms with Crippen LogP contribution in [0.15, 0.2) is 0 Å². The normalized spacial score (nSPS) is 14.4. The largest absolute Gasteiger partial charge is 0.369 e. The summed E-state index contributed by atoms with van der Waals surface area (Å²) in [5.74, 6) is 0. The van der Waals surface area contributed by atoms with Crippen molar-refractivity contribution in [2.75, 3.05) is 0 Å². The third kappa shape index (κ3) is 2.63. The van der Waals surface area contributed by atoms with E-state index in [2.05, 4.69) is 0 Å². The predicted octanol–water partition coefficient (Wildman–Crippen LogP) is 3.63. The molecule has 7 heteroatoms. The molecule has 0 heterocycles. The van der Waals surface area contributed by atoms with Gasteiger partial charge in [0.15, 0.2) is 0 Å². The highest BCUT2D eigenvalue weighted by atomic mass is 35.6. The third-order valence-electron chi connectivity index (χ3n) is 0.615. The molecule has 0 aromatic heterocycles. The summed E-state index contributed by atoms with van der Waals surface area (Å²) in [5, 5.41) is 8.58. The lowest BCUT2D eigenvalue weighted by Crippen LogP contribution is -2.35. The SMILES string of the molecule is O[C](Cl)C(Cl)(Cl)C(Cl)(Cl)Cl. The van der Waals surface area contributed by atoms with Crippen LogP contribution in [0.5, 0.6) is 0 Å². The van der Waals surface area contributed by atoms with Crippen LogP contribution in [0.1, 0.15) is 0 Å². The van der Waals surface area contributed by atoms with Crippen LogP contribution in [0.4, 0.5) is 0 Å². The zero-order chi connectivity index (χ0) is 8.58. The van der Waals surface area contributed by atoms with Crippen molar-refractivity contribution >= 4 is 69.6 Å². The summed E-state index contributed by atoms with van der Waals surface area (Å²) in [4.78, 5) is 0. The Morgan fingerprint density at radius 1 is 1.00 bits per heavy atom. The van der Waals surface area contributed by atoms with E-state index in [-0.39, 0.29) is 0 Å². The van der Waals surface area contributed by atoms with Gasteiger partial charge in [-0.2, -0.15) is 0 Å². The van der Waals surface area contributed by atoms with Crippen LogP contribution in [0.3, 0.4) is 0 Å². The fourth-order valence-corrected chi connectivity index (χ4v) is 0.672. The van der Waals surface area contributed by atoms with Gasteiger partial charge in [-0.1, -0.05) is 69.6 Å². The molecule has 0 atom stereocenters. The van der Waals surface area contributed by atoms with Gasteiger partial charge in [0.2, 0.25) is 13.7 Å². The molecule has 1 N–H and O–H groups in total. The van der Waals surface area contributed by atoms with Crippen molar-refractivity contribution in [3.63, 3.8) is 0 Å². The van der Waals surface area contributed by atoms with Crippen LogP contribution >= 0.6 is 69.6 Å². The second-order valence-electron chi connectivity index (χ2n) is 1.36. The Hall–Kier alpha value is 1.70. The Balaban J connectivity index is 4.40. The lowest BCUT2D eigenvalue weighted by atomic mass is 10.5. The van der Waals surface area contributed by atoms with E-state index in [1.165, 1.54) is 0 Å². The van der Waals surface area contributed by atoms with Crippen LogP contribution in [-0.4, -0.2) is 13.2 Å². The molecule has 0 unspecified atom stereocenters. The highest BCUT2D eigenvalue weighted by Gasteiger charge is 2.52. The number of hydrogen-bond donors (Lipinski definition) is 1. The summed E-state index contributed by atoms with van der Waals surface area (Å²) in [5.41, 5.74) is -0.879. The minimum atomic E-state index is -2.08. The van der Waals surface area contributed by atoms with E-state index in [4.69, 9.17) is 74.7 Å². The van der Waals surface area contributed by atoms with Gasteiger partial charge < -0.3 is 5.11 Å². The summed E-state index contributed by atoms with van der Waals surface area (Å²) in [6.45, 7) is 0. The molecule has 61 valence electrons. The Kier molecular flexibility index (Phi) is 4.22. The van der Waals surface area contributed by atoms with Gasteiger partial charge in [-0.15, -0.1) is 0 Å². The van der Waals surface area contributed by atoms with Crippen molar-refractivity contribution in [2.24, 2.45) is 0 Å². The van der Waals surface area contributed by atoms with E-state index in [0.29, 0.717) is 0 Å². The topological polar surface area (TPSA) is 20.2 Å². The quantitative estimate of drug-likeness (QED) is 0.718. The van der Waals surface area contributed by atoms with Gasteiger partial charge in [0, 0.05) is 0 Å². The highest BCUT2D eigenvalue weighted by Crippen LogP contribution is 2.51. The van der Waals surface area contributed by atoms with Crippen LogP contribution in [0.2, 0.25) is 0 Å². The van der Waals surface area contributed by atoms with Crippen LogP contribution in [0, 0.1) is 5.56 Å². The molecule has 0 fully saturated rings. The average Bonchev–Trinajstić information content (AvgIpc) is 1.62. The van der Waals surface area contributed by atoms with Crippen molar-refractivity contribution in [1.82, 2.24) is 0 Å². The van der Waals surface area contributed by atoms with E-state index in [9.17, 15) is 0 Å². The van der Waals surface area contributed by atoms with Crippen molar-refractivity contribution in [2.45, 2.75) is 8.13 Å². The molecule has 0 rings (SSSR count). The van der Waals surface area contributed by atoms with Crippen LogP contribution in [-0.2, 0) is 0 Å². The number of aliphatic hydroxyl groups excluding tert-OH is 1. The molecule has 0 aliphatic heterocycles. The van der Waals surface area contributed by atoms with Gasteiger partial charge >= 0.3 is 0 Å². The maximum absolute atomic E-state index is 8.58. The van der Waals surface area contributed by atoms with E-state index >= 15 is 0 Å². The fraction of sp³-hybridized carbons (Fsp3) is 0.667. The molecular formula is C3HCl6O. The summed E-state index contributed by atoms with van der Waals surface area (Å²) in [6.07, 6.45) is 0. The summed E-state index contributed by atoms with van der Waals surface area (Å²) in [6, 6.07) is 0. The van der Waals surface area contributed by atoms with Crippen molar-refractivity contribution < 1.29 is 5.11 Å². The second-order valence-corrected chi connectivity index (χ2v) is 5.33. The average molecular weight is 266 g/mol. The zero-order valence-corrected chi connectivity index (χ0v) is 8.75. The predicted molar refractivity (Wildman–Crippen MR) is 45.8 cm³/mol. The van der Waals surface area contributed by atoms with E-state index in [0.717, 1.165) is 0 Å². The first-order valence-corrected chi connectivity index (χ1v) is 4.13. The molecule has 0 aliphatic rings. The molecule has 0 saturated heterocycles. The Morgan fingerprint density at radius 3 is 1.30 bits per heavy atom. The van der Waals surface area contributed by atoms with Crippen LogP contribution in [0.25, 0.3) is 0 Å². The molecular weight excluding hydrogens is 265 g/mol. The van der Waals surface area contributed by atoms with E-state index in [1.807, 2.05) is 0 Å². The highest BCUT2D eigenvalue weighted by molar-refractivity contribution is 6.77. The minimum Gasteiger partial charge on any atom is -0.369 e. The maximum atomic E-state index is 8.58. The maximum Gasteiger partial charge on any atom is 0.227 e. The number of alkyl halides is 5.